The number of carbonyl (C=O) groups excluding carboxylic acids is 1. The molecule has 0 amide bonds. The van der Waals surface area contributed by atoms with Gasteiger partial charge >= 0.3 is 18.7 Å². The van der Waals surface area contributed by atoms with Gasteiger partial charge in [-0.3, -0.25) is 4.79 Å². The molecule has 7 nitrogen and oxygen atoms in total. The highest BCUT2D eigenvalue weighted by molar-refractivity contribution is 5.85. The minimum absolute atomic E-state index is 0.0668. The first kappa shape index (κ1) is 28.2. The number of alkyl halides is 3. The number of benzene rings is 2. The lowest BCUT2D eigenvalue weighted by Crippen LogP contribution is -2.31. The summed E-state index contributed by atoms with van der Waals surface area (Å²) in [6, 6.07) is 15.7. The van der Waals surface area contributed by atoms with E-state index in [4.69, 9.17) is 9.72 Å². The van der Waals surface area contributed by atoms with Crippen LogP contribution in [-0.4, -0.2) is 32.0 Å². The molecule has 1 N–H and O–H groups in total. The van der Waals surface area contributed by atoms with Crippen molar-refractivity contribution < 1.29 is 22.7 Å². The maximum atomic E-state index is 13.3. The van der Waals surface area contributed by atoms with E-state index < -0.39 is 11.7 Å². The second-order valence-corrected chi connectivity index (χ2v) is 11.5. The number of nitrogens with one attached hydrogen (secondary N) is 1. The van der Waals surface area contributed by atoms with E-state index in [-0.39, 0.29) is 23.9 Å². The number of hydrogen-bond acceptors (Lipinski definition) is 6. The molecule has 0 saturated heterocycles. The second-order valence-electron chi connectivity index (χ2n) is 11.5. The van der Waals surface area contributed by atoms with Crippen LogP contribution in [0, 0.1) is 5.92 Å². The van der Waals surface area contributed by atoms with Gasteiger partial charge in [-0.25, -0.2) is 4.98 Å². The summed E-state index contributed by atoms with van der Waals surface area (Å²) < 4.78 is 47.1. The first-order valence-corrected chi connectivity index (χ1v) is 14.7. The van der Waals surface area contributed by atoms with Crippen LogP contribution in [0.15, 0.2) is 54.6 Å². The maximum absolute atomic E-state index is 13.3. The van der Waals surface area contributed by atoms with Gasteiger partial charge in [0.25, 0.3) is 0 Å². The smallest absolute Gasteiger partial charge is 0.393 e. The molecule has 2 aromatic heterocycles. The molecule has 0 aliphatic heterocycles. The van der Waals surface area contributed by atoms with Gasteiger partial charge in [-0.1, -0.05) is 61.7 Å². The maximum Gasteiger partial charge on any atom is 0.416 e. The van der Waals surface area contributed by atoms with E-state index in [0.717, 1.165) is 56.5 Å². The van der Waals surface area contributed by atoms with Gasteiger partial charge in [-0.15, -0.1) is 0 Å². The van der Waals surface area contributed by atoms with Crippen molar-refractivity contribution in [3.63, 3.8) is 0 Å². The third kappa shape index (κ3) is 5.71. The van der Waals surface area contributed by atoms with Crippen molar-refractivity contribution in [2.45, 2.75) is 82.5 Å². The Hall–Kier alpha value is -3.95. The Morgan fingerprint density at radius 3 is 2.31 bits per heavy atom. The molecule has 10 heteroatoms. The van der Waals surface area contributed by atoms with E-state index in [2.05, 4.69) is 38.9 Å². The van der Waals surface area contributed by atoms with Crippen molar-refractivity contribution in [3.8, 4) is 6.01 Å². The van der Waals surface area contributed by atoms with E-state index in [1.165, 1.54) is 24.1 Å². The van der Waals surface area contributed by atoms with Crippen molar-refractivity contribution in [1.82, 2.24) is 19.5 Å². The largest absolute Gasteiger partial charge is 0.416 e. The summed E-state index contributed by atoms with van der Waals surface area (Å²) in [6.07, 6.45) is 3.11. The number of carbonyl (C=O) groups is 1. The van der Waals surface area contributed by atoms with E-state index in [9.17, 15) is 18.0 Å². The third-order valence-electron chi connectivity index (χ3n) is 8.93. The lowest BCUT2D eigenvalue weighted by atomic mass is 9.75. The van der Waals surface area contributed by atoms with E-state index in [1.54, 1.807) is 0 Å². The van der Waals surface area contributed by atoms with Crippen LogP contribution in [0.25, 0.3) is 11.2 Å². The minimum atomic E-state index is -4.41. The summed E-state index contributed by atoms with van der Waals surface area (Å²) in [6.45, 7) is 2.71. The molecule has 2 aromatic carbocycles. The molecule has 2 unspecified atom stereocenters. The number of fused-ring (bicyclic) bond motifs is 1. The van der Waals surface area contributed by atoms with Crippen molar-refractivity contribution in [2.75, 3.05) is 5.32 Å². The van der Waals surface area contributed by atoms with Crippen LogP contribution < -0.4 is 10.1 Å². The third-order valence-corrected chi connectivity index (χ3v) is 8.93. The molecule has 0 bridgehead atoms. The predicted octanol–water partition coefficient (Wildman–Crippen LogP) is 7.47. The highest BCUT2D eigenvalue weighted by atomic mass is 19.4. The molecule has 2 fully saturated rings. The SMILES string of the molecule is C[C@@H](Nc1nc(OC=O)nc2nc(C3CCCCC3c3ccccc3)n(Cc3ccc(C(F)(F)F)cc3)c12)C1CCC1. The van der Waals surface area contributed by atoms with Gasteiger partial charge in [-0.2, -0.15) is 23.1 Å². The number of rotatable bonds is 9. The summed E-state index contributed by atoms with van der Waals surface area (Å²) >= 11 is 0. The first-order chi connectivity index (χ1) is 20.3. The Balaban J connectivity index is 1.50. The summed E-state index contributed by atoms with van der Waals surface area (Å²) in [4.78, 5) is 25.3. The molecule has 220 valence electrons. The van der Waals surface area contributed by atoms with Crippen LogP contribution in [0.2, 0.25) is 0 Å². The van der Waals surface area contributed by atoms with Gasteiger partial charge in [0.15, 0.2) is 11.5 Å². The zero-order chi connectivity index (χ0) is 29.3. The van der Waals surface area contributed by atoms with Crippen molar-refractivity contribution in [1.29, 1.82) is 0 Å². The highest BCUT2D eigenvalue weighted by Crippen LogP contribution is 2.45. The topological polar surface area (TPSA) is 81.9 Å². The number of aromatic nitrogens is 4. The van der Waals surface area contributed by atoms with E-state index >= 15 is 0 Å². The fraction of sp³-hybridized carbons (Fsp3) is 0.438. The van der Waals surface area contributed by atoms with Crippen LogP contribution in [-0.2, 0) is 17.5 Å². The molecule has 4 aromatic rings. The Morgan fingerprint density at radius 2 is 1.67 bits per heavy atom. The lowest BCUT2D eigenvalue weighted by Gasteiger charge is -2.33. The Morgan fingerprint density at radius 1 is 0.952 bits per heavy atom. The molecule has 0 radical (unpaired) electrons. The van der Waals surface area contributed by atoms with Crippen LogP contribution in [0.3, 0.4) is 0 Å². The predicted molar refractivity (Wildman–Crippen MR) is 153 cm³/mol. The number of halogens is 3. The molecule has 0 spiro atoms. The number of hydrogen-bond donors (Lipinski definition) is 1. The zero-order valence-corrected chi connectivity index (χ0v) is 23.5. The molecular formula is C32H34F3N5O2. The van der Waals surface area contributed by atoms with Gasteiger partial charge in [0.1, 0.15) is 11.3 Å². The van der Waals surface area contributed by atoms with E-state index in [1.807, 2.05) is 18.2 Å². The molecule has 3 atom stereocenters. The number of imidazole rings is 1. The Kier molecular flexibility index (Phi) is 7.88. The summed E-state index contributed by atoms with van der Waals surface area (Å²) in [5.41, 5.74) is 2.32. The quantitative estimate of drug-likeness (QED) is 0.208. The fourth-order valence-corrected chi connectivity index (χ4v) is 6.47. The number of nitrogens with zero attached hydrogens (tertiary/aromatic N) is 4. The molecule has 6 rings (SSSR count). The first-order valence-electron chi connectivity index (χ1n) is 14.7. The van der Waals surface area contributed by atoms with Crippen molar-refractivity contribution >= 4 is 23.5 Å². The lowest BCUT2D eigenvalue weighted by molar-refractivity contribution is -0.137. The van der Waals surface area contributed by atoms with Gasteiger partial charge in [0, 0.05) is 18.5 Å². The number of anilines is 1. The summed E-state index contributed by atoms with van der Waals surface area (Å²) in [5.74, 6) is 2.12. The molecule has 2 saturated carbocycles. The monoisotopic (exact) mass is 577 g/mol. The summed E-state index contributed by atoms with van der Waals surface area (Å²) in [7, 11) is 0. The molecule has 2 aliphatic rings. The van der Waals surface area contributed by atoms with Crippen LogP contribution in [0.5, 0.6) is 6.01 Å². The molecular weight excluding hydrogens is 543 g/mol. The Bertz CT molecular complexity index is 1530. The summed E-state index contributed by atoms with van der Waals surface area (Å²) in [5, 5.41) is 3.54. The van der Waals surface area contributed by atoms with Crippen LogP contribution >= 0.6 is 0 Å². The van der Waals surface area contributed by atoms with E-state index in [0.29, 0.717) is 41.5 Å². The number of ether oxygens (including phenoxy) is 1. The normalized spacial score (nSPS) is 20.2. The average molecular weight is 578 g/mol. The average Bonchev–Trinajstić information content (AvgIpc) is 3.30. The van der Waals surface area contributed by atoms with Gasteiger partial charge in [-0.05, 0) is 67.7 Å². The van der Waals surface area contributed by atoms with Gasteiger partial charge in [0.2, 0.25) is 0 Å². The Labute approximate surface area is 242 Å². The van der Waals surface area contributed by atoms with Crippen molar-refractivity contribution in [2.24, 2.45) is 5.92 Å². The highest BCUT2D eigenvalue weighted by Gasteiger charge is 2.34. The standard InChI is InChI=1S/C32H34F3N5O2/c1-20(22-10-7-11-22)36-28-27-29(39-31(38-28)42-19-41)37-30(26-13-6-5-12-25(26)23-8-3-2-4-9-23)40(27)18-21-14-16-24(17-15-21)32(33,34)35/h2-4,8-9,14-17,19-20,22,25-26H,5-7,10-13,18H2,1H3,(H,36,38,39)/t20-,25?,26?/m1/s1. The fourth-order valence-electron chi connectivity index (χ4n) is 6.47. The molecule has 42 heavy (non-hydrogen) atoms. The molecule has 2 aliphatic carbocycles. The molecule has 2 heterocycles. The zero-order valence-electron chi connectivity index (χ0n) is 23.5. The minimum Gasteiger partial charge on any atom is -0.393 e. The van der Waals surface area contributed by atoms with Crippen LogP contribution in [0.4, 0.5) is 19.0 Å². The van der Waals surface area contributed by atoms with Crippen molar-refractivity contribution in [3.05, 3.63) is 77.1 Å². The van der Waals surface area contributed by atoms with Crippen LogP contribution in [0.1, 0.15) is 86.2 Å². The van der Waals surface area contributed by atoms with Gasteiger partial charge < -0.3 is 14.6 Å². The second kappa shape index (κ2) is 11.7. The van der Waals surface area contributed by atoms with Gasteiger partial charge in [0.05, 0.1) is 5.56 Å².